The fraction of sp³-hybridized carbons (Fsp3) is 0.500. The minimum Gasteiger partial charge on any atom is -0.478 e. The van der Waals surface area contributed by atoms with Gasteiger partial charge in [-0.15, -0.1) is 0 Å². The lowest BCUT2D eigenvalue weighted by Crippen LogP contribution is -2.42. The number of sulfone groups is 1. The van der Waals surface area contributed by atoms with Crippen molar-refractivity contribution >= 4 is 21.7 Å². The van der Waals surface area contributed by atoms with Gasteiger partial charge in [0, 0.05) is 17.6 Å². The molecular weight excluding hydrogens is 318 g/mol. The molecule has 0 radical (unpaired) electrons. The van der Waals surface area contributed by atoms with Gasteiger partial charge in [-0.25, -0.2) is 13.2 Å². The molecule has 1 unspecified atom stereocenters. The Hall–Kier alpha value is -1.89. The summed E-state index contributed by atoms with van der Waals surface area (Å²) in [5.41, 5.74) is 1.09. The second-order valence-corrected chi connectivity index (χ2v) is 8.62. The number of rotatable bonds is 4. The Balaban J connectivity index is 1.92. The van der Waals surface area contributed by atoms with Crippen LogP contribution in [0.4, 0.5) is 0 Å². The molecule has 0 spiro atoms. The van der Waals surface area contributed by atoms with Crippen LogP contribution in [0, 0.1) is 6.92 Å². The van der Waals surface area contributed by atoms with E-state index in [1.807, 2.05) is 0 Å². The molecule has 1 saturated heterocycles. The van der Waals surface area contributed by atoms with Crippen molar-refractivity contribution in [3.63, 3.8) is 0 Å². The van der Waals surface area contributed by atoms with Crippen LogP contribution >= 0.6 is 0 Å². The van der Waals surface area contributed by atoms with Gasteiger partial charge in [-0.2, -0.15) is 0 Å². The third-order valence-electron chi connectivity index (χ3n) is 4.35. The quantitative estimate of drug-likeness (QED) is 0.898. The monoisotopic (exact) mass is 337 g/mol. The van der Waals surface area contributed by atoms with E-state index < -0.39 is 15.8 Å². The highest BCUT2D eigenvalue weighted by atomic mass is 32.2. The second-order valence-electron chi connectivity index (χ2n) is 6.39. The number of nitrogens with zero attached hydrogens (tertiary/aromatic N) is 1. The van der Waals surface area contributed by atoms with E-state index in [9.17, 15) is 18.0 Å². The largest absolute Gasteiger partial charge is 0.478 e. The van der Waals surface area contributed by atoms with Crippen molar-refractivity contribution in [3.05, 3.63) is 34.9 Å². The minimum atomic E-state index is -3.08. The van der Waals surface area contributed by atoms with Crippen molar-refractivity contribution in [2.45, 2.75) is 38.3 Å². The van der Waals surface area contributed by atoms with E-state index in [4.69, 9.17) is 5.11 Å². The van der Waals surface area contributed by atoms with E-state index in [0.717, 1.165) is 12.8 Å². The van der Waals surface area contributed by atoms with E-state index >= 15 is 0 Å². The van der Waals surface area contributed by atoms with Crippen molar-refractivity contribution in [2.24, 2.45) is 0 Å². The van der Waals surface area contributed by atoms with Crippen LogP contribution in [0.1, 0.15) is 45.5 Å². The molecule has 1 N–H and O–H groups in total. The molecule has 1 atom stereocenters. The van der Waals surface area contributed by atoms with E-state index in [1.165, 1.54) is 12.1 Å². The zero-order chi connectivity index (χ0) is 16.8. The van der Waals surface area contributed by atoms with Gasteiger partial charge < -0.3 is 10.0 Å². The van der Waals surface area contributed by atoms with Crippen molar-refractivity contribution < 1.29 is 23.1 Å². The Morgan fingerprint density at radius 1 is 1.09 bits per heavy atom. The Morgan fingerprint density at radius 2 is 1.74 bits per heavy atom. The first-order chi connectivity index (χ1) is 10.8. The highest BCUT2D eigenvalue weighted by molar-refractivity contribution is 7.91. The molecule has 6 nitrogen and oxygen atoms in total. The maximum absolute atomic E-state index is 12.9. The lowest BCUT2D eigenvalue weighted by molar-refractivity contribution is 0.0680. The molecule has 1 aromatic carbocycles. The number of carboxylic acids is 1. The van der Waals surface area contributed by atoms with Crippen LogP contribution in [0.2, 0.25) is 0 Å². The molecule has 1 aliphatic heterocycles. The van der Waals surface area contributed by atoms with Crippen molar-refractivity contribution in [1.82, 2.24) is 4.90 Å². The first kappa shape index (κ1) is 16.0. The van der Waals surface area contributed by atoms with E-state index in [2.05, 4.69) is 0 Å². The number of carbonyl (C=O) groups excluding carboxylic acids is 1. The van der Waals surface area contributed by atoms with Crippen LogP contribution in [0.25, 0.3) is 0 Å². The molecule has 7 heteroatoms. The molecule has 1 heterocycles. The minimum absolute atomic E-state index is 0.00679. The summed E-state index contributed by atoms with van der Waals surface area (Å²) >= 11 is 0. The molecule has 1 saturated carbocycles. The molecule has 3 rings (SSSR count). The van der Waals surface area contributed by atoms with Gasteiger partial charge in [-0.05, 0) is 49.9 Å². The van der Waals surface area contributed by atoms with Crippen LogP contribution in [-0.4, -0.2) is 53.9 Å². The van der Waals surface area contributed by atoms with Gasteiger partial charge in [0.25, 0.3) is 5.91 Å². The highest BCUT2D eigenvalue weighted by Gasteiger charge is 2.42. The van der Waals surface area contributed by atoms with Crippen molar-refractivity contribution in [1.29, 1.82) is 0 Å². The van der Waals surface area contributed by atoms with Gasteiger partial charge in [-0.3, -0.25) is 4.79 Å². The Labute approximate surface area is 135 Å². The lowest BCUT2D eigenvalue weighted by Gasteiger charge is -2.28. The van der Waals surface area contributed by atoms with Crippen molar-refractivity contribution in [2.75, 3.05) is 11.5 Å². The first-order valence-corrected chi connectivity index (χ1v) is 9.47. The maximum atomic E-state index is 12.9. The zero-order valence-corrected chi connectivity index (χ0v) is 13.7. The lowest BCUT2D eigenvalue weighted by atomic mass is 10.0. The van der Waals surface area contributed by atoms with Crippen LogP contribution in [0.5, 0.6) is 0 Å². The molecule has 0 bridgehead atoms. The Kier molecular flexibility index (Phi) is 3.91. The number of hydrogen-bond donors (Lipinski definition) is 1. The van der Waals surface area contributed by atoms with Crippen LogP contribution in [0.15, 0.2) is 18.2 Å². The Morgan fingerprint density at radius 3 is 2.26 bits per heavy atom. The summed E-state index contributed by atoms with van der Waals surface area (Å²) in [5, 5.41) is 9.15. The van der Waals surface area contributed by atoms with E-state index in [-0.39, 0.29) is 35.1 Å². The topological polar surface area (TPSA) is 91.8 Å². The summed E-state index contributed by atoms with van der Waals surface area (Å²) in [7, 11) is -3.08. The molecule has 2 fully saturated rings. The zero-order valence-electron chi connectivity index (χ0n) is 12.9. The second kappa shape index (κ2) is 5.63. The van der Waals surface area contributed by atoms with Gasteiger partial charge in [0.2, 0.25) is 0 Å². The van der Waals surface area contributed by atoms with Crippen LogP contribution < -0.4 is 0 Å². The average Bonchev–Trinajstić information content (AvgIpc) is 3.22. The smallest absolute Gasteiger partial charge is 0.335 e. The fourth-order valence-electron chi connectivity index (χ4n) is 3.16. The predicted octanol–water partition coefficient (Wildman–Crippen LogP) is 1.48. The summed E-state index contributed by atoms with van der Waals surface area (Å²) in [6.07, 6.45) is 2.21. The van der Waals surface area contributed by atoms with Gasteiger partial charge >= 0.3 is 5.97 Å². The fourth-order valence-corrected chi connectivity index (χ4v) is 4.87. The average molecular weight is 337 g/mol. The standard InChI is InChI=1S/C16H19NO5S/c1-10-6-11(8-12(7-10)16(19)20)15(18)17(13-2-3-13)14-4-5-23(21,22)9-14/h6-8,13-14H,2-5,9H2,1H3,(H,19,20). The van der Waals surface area contributed by atoms with Gasteiger partial charge in [-0.1, -0.05) is 0 Å². The van der Waals surface area contributed by atoms with Gasteiger partial charge in [0.1, 0.15) is 0 Å². The summed E-state index contributed by atoms with van der Waals surface area (Å²) in [5.74, 6) is -1.22. The summed E-state index contributed by atoms with van der Waals surface area (Å²) in [6.45, 7) is 1.74. The highest BCUT2D eigenvalue weighted by Crippen LogP contribution is 2.33. The van der Waals surface area contributed by atoms with Crippen LogP contribution in [-0.2, 0) is 9.84 Å². The normalized spacial score (nSPS) is 22.7. The number of carboxylic acid groups (broad SMARTS) is 1. The number of amides is 1. The number of aromatic carboxylic acids is 1. The third kappa shape index (κ3) is 3.39. The van der Waals surface area contributed by atoms with E-state index in [1.54, 1.807) is 17.9 Å². The van der Waals surface area contributed by atoms with Crippen LogP contribution in [0.3, 0.4) is 0 Å². The Bertz CT molecular complexity index is 767. The third-order valence-corrected chi connectivity index (χ3v) is 6.10. The summed E-state index contributed by atoms with van der Waals surface area (Å²) < 4.78 is 23.5. The van der Waals surface area contributed by atoms with E-state index in [0.29, 0.717) is 17.5 Å². The predicted molar refractivity (Wildman–Crippen MR) is 84.4 cm³/mol. The first-order valence-electron chi connectivity index (χ1n) is 7.65. The molecular formula is C16H19NO5S. The SMILES string of the molecule is Cc1cc(C(=O)O)cc(C(=O)N(C2CC2)C2CCS(=O)(=O)C2)c1. The molecule has 124 valence electrons. The van der Waals surface area contributed by atoms with Gasteiger partial charge in [0.05, 0.1) is 17.1 Å². The number of hydrogen-bond acceptors (Lipinski definition) is 4. The number of carbonyl (C=O) groups is 2. The van der Waals surface area contributed by atoms with Gasteiger partial charge in [0.15, 0.2) is 9.84 Å². The number of benzene rings is 1. The summed E-state index contributed by atoms with van der Waals surface area (Å²) in [6, 6.07) is 4.33. The molecule has 1 aromatic rings. The molecule has 1 aliphatic carbocycles. The number of aryl methyl sites for hydroxylation is 1. The van der Waals surface area contributed by atoms with Crippen molar-refractivity contribution in [3.8, 4) is 0 Å². The maximum Gasteiger partial charge on any atom is 0.335 e. The molecule has 0 aromatic heterocycles. The molecule has 1 amide bonds. The molecule has 23 heavy (non-hydrogen) atoms. The summed E-state index contributed by atoms with van der Waals surface area (Å²) in [4.78, 5) is 25.7. The molecule has 2 aliphatic rings.